The Morgan fingerprint density at radius 1 is 1.35 bits per heavy atom. The van der Waals surface area contributed by atoms with Crippen LogP contribution in [-0.2, 0) is 0 Å². The van der Waals surface area contributed by atoms with Gasteiger partial charge in [-0.25, -0.2) is 4.98 Å². The van der Waals surface area contributed by atoms with E-state index in [1.807, 2.05) is 13.0 Å². The van der Waals surface area contributed by atoms with E-state index in [1.165, 1.54) is 12.8 Å². The number of nitrogens with zero attached hydrogens (tertiary/aromatic N) is 2. The molecule has 2 N–H and O–H groups in total. The zero-order valence-electron chi connectivity index (χ0n) is 11.0. The van der Waals surface area contributed by atoms with Gasteiger partial charge in [0.05, 0.1) is 0 Å². The van der Waals surface area contributed by atoms with E-state index in [0.717, 1.165) is 36.3 Å². The van der Waals surface area contributed by atoms with Crippen LogP contribution in [0.15, 0.2) is 6.07 Å². The van der Waals surface area contributed by atoms with Gasteiger partial charge in [-0.2, -0.15) is 4.98 Å². The summed E-state index contributed by atoms with van der Waals surface area (Å²) in [4.78, 5) is 8.86. The van der Waals surface area contributed by atoms with Crippen LogP contribution < -0.4 is 10.6 Å². The summed E-state index contributed by atoms with van der Waals surface area (Å²) >= 11 is 0. The van der Waals surface area contributed by atoms with Crippen LogP contribution in [0.1, 0.15) is 38.8 Å². The lowest BCUT2D eigenvalue weighted by Gasteiger charge is -2.09. The second kappa shape index (κ2) is 5.34. The molecular weight excluding hydrogens is 212 g/mol. The van der Waals surface area contributed by atoms with E-state index >= 15 is 0 Å². The molecule has 0 radical (unpaired) electrons. The van der Waals surface area contributed by atoms with Crippen LogP contribution in [0.25, 0.3) is 0 Å². The minimum Gasteiger partial charge on any atom is -0.367 e. The van der Waals surface area contributed by atoms with E-state index in [0.29, 0.717) is 6.04 Å². The highest BCUT2D eigenvalue weighted by Gasteiger charge is 2.35. The highest BCUT2D eigenvalue weighted by Crippen LogP contribution is 2.35. The van der Waals surface area contributed by atoms with Gasteiger partial charge in [-0.3, -0.25) is 0 Å². The fraction of sp³-hybridized carbons (Fsp3) is 0.692. The molecular formula is C13H22N4. The van der Waals surface area contributed by atoms with Crippen molar-refractivity contribution in [2.75, 3.05) is 17.2 Å². The number of hydrogen-bond donors (Lipinski definition) is 2. The minimum absolute atomic E-state index is 0.619. The topological polar surface area (TPSA) is 49.8 Å². The Labute approximate surface area is 103 Å². The van der Waals surface area contributed by atoms with Gasteiger partial charge in [0.15, 0.2) is 0 Å². The van der Waals surface area contributed by atoms with Gasteiger partial charge in [0.1, 0.15) is 5.82 Å². The molecule has 1 aliphatic rings. The van der Waals surface area contributed by atoms with Crippen molar-refractivity contribution in [1.82, 2.24) is 9.97 Å². The van der Waals surface area contributed by atoms with Crippen molar-refractivity contribution in [1.29, 1.82) is 0 Å². The fourth-order valence-corrected chi connectivity index (χ4v) is 2.02. The van der Waals surface area contributed by atoms with E-state index in [4.69, 9.17) is 0 Å². The first-order valence-corrected chi connectivity index (χ1v) is 6.59. The molecule has 0 bridgehead atoms. The van der Waals surface area contributed by atoms with Crippen LogP contribution in [0.5, 0.6) is 0 Å². The number of rotatable bonds is 6. The van der Waals surface area contributed by atoms with Crippen LogP contribution in [-0.4, -0.2) is 22.6 Å². The lowest BCUT2D eigenvalue weighted by Crippen LogP contribution is -2.10. The molecule has 0 spiro atoms. The second-order valence-corrected chi connectivity index (χ2v) is 4.80. The van der Waals surface area contributed by atoms with Crippen LogP contribution in [0.3, 0.4) is 0 Å². The van der Waals surface area contributed by atoms with Crippen molar-refractivity contribution in [3.8, 4) is 0 Å². The predicted molar refractivity (Wildman–Crippen MR) is 71.4 cm³/mol. The predicted octanol–water partition coefficient (Wildman–Crippen LogP) is 2.82. The number of nitrogens with one attached hydrogen (secondary N) is 2. The van der Waals surface area contributed by atoms with Crippen molar-refractivity contribution in [3.63, 3.8) is 0 Å². The molecule has 0 amide bonds. The number of anilines is 2. The smallest absolute Gasteiger partial charge is 0.224 e. The molecule has 1 heterocycles. The molecule has 1 aromatic heterocycles. The van der Waals surface area contributed by atoms with Gasteiger partial charge in [0.25, 0.3) is 0 Å². The molecule has 2 rings (SSSR count). The van der Waals surface area contributed by atoms with Gasteiger partial charge in [0.2, 0.25) is 5.95 Å². The van der Waals surface area contributed by atoms with Gasteiger partial charge in [-0.1, -0.05) is 20.3 Å². The first-order chi connectivity index (χ1) is 8.22. The molecule has 17 heavy (non-hydrogen) atoms. The van der Waals surface area contributed by atoms with Gasteiger partial charge in [0, 0.05) is 24.3 Å². The highest BCUT2D eigenvalue weighted by atomic mass is 15.2. The first kappa shape index (κ1) is 12.1. The van der Waals surface area contributed by atoms with E-state index < -0.39 is 0 Å². The molecule has 0 saturated heterocycles. The van der Waals surface area contributed by atoms with Crippen LogP contribution in [0, 0.1) is 12.8 Å². The molecule has 1 aliphatic carbocycles. The summed E-state index contributed by atoms with van der Waals surface area (Å²) in [6.45, 7) is 7.31. The van der Waals surface area contributed by atoms with Crippen LogP contribution in [0.4, 0.5) is 11.8 Å². The largest absolute Gasteiger partial charge is 0.367 e. The summed E-state index contributed by atoms with van der Waals surface area (Å²) in [5.74, 6) is 2.53. The SMILES string of the molecule is CCCNc1nc(C)cc(NC2CC2CC)n1. The summed E-state index contributed by atoms with van der Waals surface area (Å²) in [5.41, 5.74) is 1.01. The number of aromatic nitrogens is 2. The Bertz CT molecular complexity index is 378. The summed E-state index contributed by atoms with van der Waals surface area (Å²) < 4.78 is 0. The van der Waals surface area contributed by atoms with Crippen molar-refractivity contribution in [3.05, 3.63) is 11.8 Å². The maximum Gasteiger partial charge on any atom is 0.224 e. The maximum atomic E-state index is 4.49. The molecule has 1 saturated carbocycles. The average Bonchev–Trinajstić information content (AvgIpc) is 3.04. The Kier molecular flexibility index (Phi) is 3.82. The average molecular weight is 234 g/mol. The third kappa shape index (κ3) is 3.32. The van der Waals surface area contributed by atoms with E-state index in [-0.39, 0.29) is 0 Å². The molecule has 2 unspecified atom stereocenters. The summed E-state index contributed by atoms with van der Waals surface area (Å²) in [6.07, 6.45) is 3.61. The zero-order chi connectivity index (χ0) is 12.3. The Morgan fingerprint density at radius 3 is 2.82 bits per heavy atom. The lowest BCUT2D eigenvalue weighted by atomic mass is 10.3. The van der Waals surface area contributed by atoms with Gasteiger partial charge < -0.3 is 10.6 Å². The number of hydrogen-bond acceptors (Lipinski definition) is 4. The molecule has 2 atom stereocenters. The molecule has 94 valence electrons. The maximum absolute atomic E-state index is 4.49. The quantitative estimate of drug-likeness (QED) is 0.794. The van der Waals surface area contributed by atoms with E-state index in [9.17, 15) is 0 Å². The standard InChI is InChI=1S/C13H22N4/c1-4-6-14-13-15-9(3)7-12(17-13)16-11-8-10(11)5-2/h7,10-11H,4-6,8H2,1-3H3,(H2,14,15,16,17). The normalized spacial score (nSPS) is 22.3. The van der Waals surface area contributed by atoms with Crippen LogP contribution >= 0.6 is 0 Å². The van der Waals surface area contributed by atoms with Crippen molar-refractivity contribution < 1.29 is 0 Å². The van der Waals surface area contributed by atoms with Crippen molar-refractivity contribution in [2.24, 2.45) is 5.92 Å². The Hall–Kier alpha value is -1.32. The monoisotopic (exact) mass is 234 g/mol. The third-order valence-electron chi connectivity index (χ3n) is 3.17. The Balaban J connectivity index is 1.99. The number of aryl methyl sites for hydroxylation is 1. The first-order valence-electron chi connectivity index (χ1n) is 6.59. The molecule has 4 heteroatoms. The van der Waals surface area contributed by atoms with Gasteiger partial charge in [-0.15, -0.1) is 0 Å². The minimum atomic E-state index is 0.619. The molecule has 4 nitrogen and oxygen atoms in total. The van der Waals surface area contributed by atoms with Gasteiger partial charge >= 0.3 is 0 Å². The van der Waals surface area contributed by atoms with Gasteiger partial charge in [-0.05, 0) is 25.7 Å². The van der Waals surface area contributed by atoms with E-state index in [1.54, 1.807) is 0 Å². The van der Waals surface area contributed by atoms with Crippen molar-refractivity contribution >= 4 is 11.8 Å². The zero-order valence-corrected chi connectivity index (χ0v) is 11.0. The highest BCUT2D eigenvalue weighted by molar-refractivity contribution is 5.44. The third-order valence-corrected chi connectivity index (χ3v) is 3.17. The van der Waals surface area contributed by atoms with Crippen LogP contribution in [0.2, 0.25) is 0 Å². The molecule has 1 fully saturated rings. The molecule has 0 aliphatic heterocycles. The molecule has 1 aromatic rings. The summed E-state index contributed by atoms with van der Waals surface area (Å²) in [7, 11) is 0. The lowest BCUT2D eigenvalue weighted by molar-refractivity contribution is 0.773. The fourth-order valence-electron chi connectivity index (χ4n) is 2.02. The summed E-state index contributed by atoms with van der Waals surface area (Å²) in [5, 5.41) is 6.72. The Morgan fingerprint density at radius 2 is 2.18 bits per heavy atom. The van der Waals surface area contributed by atoms with Crippen molar-refractivity contribution in [2.45, 2.75) is 46.1 Å². The summed E-state index contributed by atoms with van der Waals surface area (Å²) in [6, 6.07) is 2.63. The van der Waals surface area contributed by atoms with E-state index in [2.05, 4.69) is 34.4 Å². The second-order valence-electron chi connectivity index (χ2n) is 4.80. The molecule has 0 aromatic carbocycles.